The monoisotopic (exact) mass is 599 g/mol. The summed E-state index contributed by atoms with van der Waals surface area (Å²) in [6.45, 7) is 2.60. The molecule has 0 saturated carbocycles. The Morgan fingerprint density at radius 2 is 1.68 bits per heavy atom. The molecule has 1 heterocycles. The minimum atomic E-state index is -3.65. The normalized spacial score (nSPS) is 13.0. The number of sulfonamides is 1. The molecule has 0 spiro atoms. The van der Waals surface area contributed by atoms with E-state index in [1.165, 1.54) is 4.31 Å². The number of benzene rings is 3. The van der Waals surface area contributed by atoms with Crippen molar-refractivity contribution in [1.29, 1.82) is 0 Å². The third-order valence-electron chi connectivity index (χ3n) is 6.68. The molecule has 0 saturated heterocycles. The molecule has 3 aromatic rings. The predicted molar refractivity (Wildman–Crippen MR) is 159 cm³/mol. The molecule has 4 rings (SSSR count). The largest absolute Gasteiger partial charge is 0.454 e. The van der Waals surface area contributed by atoms with Crippen molar-refractivity contribution in [2.24, 2.45) is 0 Å². The second kappa shape index (κ2) is 13.7. The fraction of sp³-hybridized carbons (Fsp3) is 0.333. The first-order valence-electron chi connectivity index (χ1n) is 13.4. The van der Waals surface area contributed by atoms with Crippen LogP contribution in [0.4, 0.5) is 5.69 Å². The van der Waals surface area contributed by atoms with Crippen molar-refractivity contribution in [1.82, 2.24) is 10.2 Å². The van der Waals surface area contributed by atoms with E-state index in [9.17, 15) is 18.0 Å². The maximum atomic E-state index is 13.8. The number of fused-ring (bicyclic) bond motifs is 1. The zero-order chi connectivity index (χ0) is 29.4. The summed E-state index contributed by atoms with van der Waals surface area (Å²) in [5.41, 5.74) is 2.17. The van der Waals surface area contributed by atoms with Gasteiger partial charge in [0, 0.05) is 43.6 Å². The number of carbonyl (C=O) groups excluding carboxylic acids is 2. The van der Waals surface area contributed by atoms with Gasteiger partial charge in [0.05, 0.1) is 11.9 Å². The Bertz CT molecular complexity index is 1450. The zero-order valence-corrected chi connectivity index (χ0v) is 24.7. The summed E-state index contributed by atoms with van der Waals surface area (Å²) < 4.78 is 37.3. The highest BCUT2D eigenvalue weighted by Crippen LogP contribution is 2.36. The van der Waals surface area contributed by atoms with Crippen LogP contribution in [0.1, 0.15) is 30.9 Å². The number of carbonyl (C=O) groups is 2. The Morgan fingerprint density at radius 3 is 2.37 bits per heavy atom. The number of anilines is 1. The van der Waals surface area contributed by atoms with Crippen LogP contribution in [0.3, 0.4) is 0 Å². The number of amides is 2. The number of hydrogen-bond donors (Lipinski definition) is 1. The first-order chi connectivity index (χ1) is 19.7. The molecule has 0 radical (unpaired) electrons. The van der Waals surface area contributed by atoms with Gasteiger partial charge in [0.1, 0.15) is 6.04 Å². The lowest BCUT2D eigenvalue weighted by Gasteiger charge is -2.32. The quantitative estimate of drug-likeness (QED) is 0.312. The number of nitrogens with one attached hydrogen (secondary N) is 1. The number of nitrogens with zero attached hydrogens (tertiary/aromatic N) is 2. The van der Waals surface area contributed by atoms with Crippen molar-refractivity contribution in [3.8, 4) is 11.5 Å². The summed E-state index contributed by atoms with van der Waals surface area (Å²) in [6.07, 6.45) is 1.73. The van der Waals surface area contributed by atoms with Crippen LogP contribution in [0.5, 0.6) is 11.5 Å². The van der Waals surface area contributed by atoms with E-state index in [2.05, 4.69) is 5.32 Å². The molecule has 218 valence electrons. The van der Waals surface area contributed by atoms with Gasteiger partial charge in [-0.25, -0.2) is 8.42 Å². The van der Waals surface area contributed by atoms with Crippen molar-refractivity contribution < 1.29 is 27.5 Å². The zero-order valence-electron chi connectivity index (χ0n) is 23.1. The SMILES string of the molecule is CCNC(=O)C(Cc1ccccc1)N(Cc1ccc(Cl)cc1)C(=O)CCCN(c1ccc2c(c1)OCO2)S(C)(=O)=O. The van der Waals surface area contributed by atoms with Crippen LogP contribution in [0.15, 0.2) is 72.8 Å². The van der Waals surface area contributed by atoms with E-state index < -0.39 is 16.1 Å². The molecule has 1 aliphatic heterocycles. The molecule has 1 N–H and O–H groups in total. The molecular weight excluding hydrogens is 566 g/mol. The fourth-order valence-corrected chi connectivity index (χ4v) is 5.76. The van der Waals surface area contributed by atoms with Crippen LogP contribution in [0, 0.1) is 0 Å². The van der Waals surface area contributed by atoms with Crippen LogP contribution >= 0.6 is 11.6 Å². The van der Waals surface area contributed by atoms with Gasteiger partial charge in [0.25, 0.3) is 0 Å². The second-order valence-corrected chi connectivity index (χ2v) is 12.1. The Kier molecular flexibility index (Phi) is 10.1. The summed E-state index contributed by atoms with van der Waals surface area (Å²) in [5, 5.41) is 3.44. The molecule has 0 bridgehead atoms. The average Bonchev–Trinajstić information content (AvgIpc) is 3.42. The molecule has 41 heavy (non-hydrogen) atoms. The summed E-state index contributed by atoms with van der Waals surface area (Å²) in [6, 6.07) is 20.8. The number of likely N-dealkylation sites (N-methyl/N-ethyl adjacent to an activating group) is 1. The van der Waals surface area contributed by atoms with Gasteiger partial charge in [0.2, 0.25) is 28.6 Å². The average molecular weight is 600 g/mol. The summed E-state index contributed by atoms with van der Waals surface area (Å²) >= 11 is 6.08. The van der Waals surface area contributed by atoms with Crippen LogP contribution in [-0.4, -0.2) is 57.3 Å². The molecule has 11 heteroatoms. The predicted octanol–water partition coefficient (Wildman–Crippen LogP) is 4.39. The summed E-state index contributed by atoms with van der Waals surface area (Å²) in [5.74, 6) is 0.500. The van der Waals surface area contributed by atoms with Gasteiger partial charge in [-0.15, -0.1) is 0 Å². The van der Waals surface area contributed by atoms with Crippen LogP contribution in [-0.2, 0) is 32.6 Å². The van der Waals surface area contributed by atoms with E-state index in [4.69, 9.17) is 21.1 Å². The van der Waals surface area contributed by atoms with E-state index in [0.29, 0.717) is 35.2 Å². The molecule has 0 fully saturated rings. The third kappa shape index (κ3) is 8.14. The first-order valence-corrected chi connectivity index (χ1v) is 15.6. The maximum absolute atomic E-state index is 13.8. The second-order valence-electron chi connectivity index (χ2n) is 9.72. The Hall–Kier alpha value is -3.76. The van der Waals surface area contributed by atoms with Crippen molar-refractivity contribution in [2.45, 2.75) is 38.8 Å². The fourth-order valence-electron chi connectivity index (χ4n) is 4.68. The van der Waals surface area contributed by atoms with E-state index in [1.807, 2.05) is 49.4 Å². The topological polar surface area (TPSA) is 105 Å². The smallest absolute Gasteiger partial charge is 0.243 e. The first kappa shape index (κ1) is 30.2. The van der Waals surface area contributed by atoms with Gasteiger partial charge < -0.3 is 19.7 Å². The number of rotatable bonds is 13. The molecule has 3 aromatic carbocycles. The minimum Gasteiger partial charge on any atom is -0.454 e. The molecule has 1 unspecified atom stereocenters. The third-order valence-corrected chi connectivity index (χ3v) is 8.13. The van der Waals surface area contributed by atoms with Crippen molar-refractivity contribution in [3.05, 3.63) is 88.9 Å². The van der Waals surface area contributed by atoms with Gasteiger partial charge in [-0.2, -0.15) is 0 Å². The van der Waals surface area contributed by atoms with Crippen molar-refractivity contribution in [2.75, 3.05) is 30.4 Å². The highest BCUT2D eigenvalue weighted by Gasteiger charge is 2.30. The van der Waals surface area contributed by atoms with Gasteiger partial charge in [-0.3, -0.25) is 13.9 Å². The van der Waals surface area contributed by atoms with Crippen LogP contribution in [0.2, 0.25) is 5.02 Å². The van der Waals surface area contributed by atoms with Gasteiger partial charge in [-0.05, 0) is 48.7 Å². The van der Waals surface area contributed by atoms with Gasteiger partial charge in [-0.1, -0.05) is 54.1 Å². The summed E-state index contributed by atoms with van der Waals surface area (Å²) in [7, 11) is -3.65. The molecule has 2 amide bonds. The van der Waals surface area contributed by atoms with E-state index in [-0.39, 0.29) is 44.5 Å². The van der Waals surface area contributed by atoms with E-state index in [1.54, 1.807) is 35.2 Å². The number of halogens is 1. The molecule has 9 nitrogen and oxygen atoms in total. The Balaban J connectivity index is 1.55. The molecule has 0 aliphatic carbocycles. The Morgan fingerprint density at radius 1 is 0.976 bits per heavy atom. The lowest BCUT2D eigenvalue weighted by molar-refractivity contribution is -0.141. The summed E-state index contributed by atoms with van der Waals surface area (Å²) in [4.78, 5) is 28.7. The van der Waals surface area contributed by atoms with Gasteiger partial charge in [0.15, 0.2) is 11.5 Å². The molecular formula is C30H34ClN3O6S. The lowest BCUT2D eigenvalue weighted by Crippen LogP contribution is -2.50. The number of ether oxygens (including phenoxy) is 2. The Labute approximate surface area is 246 Å². The highest BCUT2D eigenvalue weighted by atomic mass is 35.5. The minimum absolute atomic E-state index is 0.0366. The van der Waals surface area contributed by atoms with E-state index in [0.717, 1.165) is 17.4 Å². The molecule has 0 aromatic heterocycles. The van der Waals surface area contributed by atoms with Crippen LogP contribution < -0.4 is 19.1 Å². The molecule has 1 aliphatic rings. The lowest BCUT2D eigenvalue weighted by atomic mass is 10.0. The van der Waals surface area contributed by atoms with Crippen molar-refractivity contribution in [3.63, 3.8) is 0 Å². The van der Waals surface area contributed by atoms with E-state index >= 15 is 0 Å². The standard InChI is InChI=1S/C30H34ClN3O6S/c1-3-32-30(36)26(18-22-8-5-4-6-9-22)33(20-23-11-13-24(31)14-12-23)29(35)10-7-17-34(41(2,37)38)25-15-16-27-28(19-25)40-21-39-27/h4-6,8-9,11-16,19,26H,3,7,10,17-18,20-21H2,1-2H3,(H,32,36). The van der Waals surface area contributed by atoms with Crippen LogP contribution in [0.25, 0.3) is 0 Å². The molecule has 1 atom stereocenters. The highest BCUT2D eigenvalue weighted by molar-refractivity contribution is 7.92. The maximum Gasteiger partial charge on any atom is 0.243 e. The number of hydrogen-bond acceptors (Lipinski definition) is 6. The van der Waals surface area contributed by atoms with Gasteiger partial charge >= 0.3 is 0 Å². The van der Waals surface area contributed by atoms with Crippen molar-refractivity contribution >= 4 is 39.1 Å².